The molecule has 0 N–H and O–H groups in total. The molecule has 3 nitrogen and oxygen atoms in total. The number of rotatable bonds is 2. The molecule has 0 saturated carbocycles. The van der Waals surface area contributed by atoms with E-state index >= 15 is 0 Å². The van der Waals surface area contributed by atoms with E-state index in [1.54, 1.807) is 42.6 Å². The molecule has 0 atom stereocenters. The third-order valence-electron chi connectivity index (χ3n) is 2.68. The second-order valence-corrected chi connectivity index (χ2v) is 5.25. The van der Waals surface area contributed by atoms with E-state index in [1.807, 2.05) is 0 Å². The zero-order valence-corrected chi connectivity index (χ0v) is 11.9. The van der Waals surface area contributed by atoms with Crippen LogP contribution in [0.1, 0.15) is 16.2 Å². The van der Waals surface area contributed by atoms with E-state index in [0.717, 1.165) is 5.39 Å². The zero-order valence-electron chi connectivity index (χ0n) is 9.56. The lowest BCUT2D eigenvalue weighted by Gasteiger charge is -1.98. The van der Waals surface area contributed by atoms with E-state index in [9.17, 15) is 4.79 Å². The lowest BCUT2D eigenvalue weighted by atomic mass is 10.2. The third-order valence-corrected chi connectivity index (χ3v) is 3.55. The van der Waals surface area contributed by atoms with Crippen LogP contribution in [-0.2, 0) is 0 Å². The summed E-state index contributed by atoms with van der Waals surface area (Å²) in [4.78, 5) is 16.4. The number of hydrogen-bond acceptors (Lipinski definition) is 3. The Labute approximate surface area is 122 Å². The Hall–Kier alpha value is -1.65. The maximum atomic E-state index is 12.3. The van der Waals surface area contributed by atoms with Crippen molar-refractivity contribution < 1.29 is 9.21 Å². The number of nitrogens with zero attached hydrogens (tertiary/aromatic N) is 1. The van der Waals surface area contributed by atoms with Gasteiger partial charge in [0.15, 0.2) is 5.76 Å². The van der Waals surface area contributed by atoms with Crippen molar-refractivity contribution in [1.82, 2.24) is 4.98 Å². The number of fused-ring (bicyclic) bond motifs is 1. The number of carbonyl (C=O) groups is 1. The minimum atomic E-state index is -0.264. The Morgan fingerprint density at radius 2 is 2.11 bits per heavy atom. The van der Waals surface area contributed by atoms with Gasteiger partial charge in [0.2, 0.25) is 5.78 Å². The molecule has 3 rings (SSSR count). The molecule has 1 aromatic carbocycles. The van der Waals surface area contributed by atoms with Crippen LogP contribution in [0.5, 0.6) is 0 Å². The first-order valence-electron chi connectivity index (χ1n) is 5.49. The molecule has 0 bridgehead atoms. The Morgan fingerprint density at radius 1 is 1.26 bits per heavy atom. The molecule has 0 amide bonds. The summed E-state index contributed by atoms with van der Waals surface area (Å²) in [5.41, 5.74) is 0.951. The summed E-state index contributed by atoms with van der Waals surface area (Å²) < 4.78 is 6.16. The maximum absolute atomic E-state index is 12.3. The predicted octanol–water partition coefficient (Wildman–Crippen LogP) is 4.47. The first kappa shape index (κ1) is 12.4. The topological polar surface area (TPSA) is 43.1 Å². The fourth-order valence-electron chi connectivity index (χ4n) is 1.80. The van der Waals surface area contributed by atoms with Crippen LogP contribution in [0.4, 0.5) is 0 Å². The molecule has 0 aliphatic rings. The third kappa shape index (κ3) is 2.29. The van der Waals surface area contributed by atoms with Crippen molar-refractivity contribution in [2.75, 3.05) is 0 Å². The molecule has 0 radical (unpaired) electrons. The van der Waals surface area contributed by atoms with Crippen LogP contribution in [0.25, 0.3) is 11.0 Å². The number of carbonyl (C=O) groups excluding carboxylic acids is 1. The fraction of sp³-hybridized carbons (Fsp3) is 0. The van der Waals surface area contributed by atoms with E-state index in [0.29, 0.717) is 20.8 Å². The standard InChI is InChI=1S/C14H7BrClNO2/c15-10-2-1-5-17-13(10)14(18)12-7-8-6-9(16)3-4-11(8)19-12/h1-7H. The number of halogens is 2. The van der Waals surface area contributed by atoms with Gasteiger partial charge < -0.3 is 4.42 Å². The van der Waals surface area contributed by atoms with Crippen LogP contribution in [0, 0.1) is 0 Å². The van der Waals surface area contributed by atoms with E-state index in [2.05, 4.69) is 20.9 Å². The smallest absolute Gasteiger partial charge is 0.247 e. The molecular weight excluding hydrogens is 330 g/mol. The van der Waals surface area contributed by atoms with Crippen LogP contribution >= 0.6 is 27.5 Å². The van der Waals surface area contributed by atoms with Crippen LogP contribution in [0.15, 0.2) is 51.5 Å². The lowest BCUT2D eigenvalue weighted by molar-refractivity contribution is 0.101. The first-order valence-corrected chi connectivity index (χ1v) is 6.66. The van der Waals surface area contributed by atoms with Gasteiger partial charge in [-0.2, -0.15) is 0 Å². The molecule has 2 aromatic heterocycles. The molecule has 2 heterocycles. The molecule has 19 heavy (non-hydrogen) atoms. The van der Waals surface area contributed by atoms with Crippen molar-refractivity contribution in [3.05, 3.63) is 63.5 Å². The van der Waals surface area contributed by atoms with Crippen molar-refractivity contribution >= 4 is 44.3 Å². The highest BCUT2D eigenvalue weighted by molar-refractivity contribution is 9.10. The largest absolute Gasteiger partial charge is 0.453 e. The van der Waals surface area contributed by atoms with E-state index in [4.69, 9.17) is 16.0 Å². The molecule has 0 spiro atoms. The summed E-state index contributed by atoms with van der Waals surface area (Å²) in [6.07, 6.45) is 1.57. The van der Waals surface area contributed by atoms with Gasteiger partial charge in [0.05, 0.1) is 0 Å². The summed E-state index contributed by atoms with van der Waals surface area (Å²) in [6.45, 7) is 0. The van der Waals surface area contributed by atoms with Gasteiger partial charge in [-0.05, 0) is 52.3 Å². The average molecular weight is 337 g/mol. The van der Waals surface area contributed by atoms with Gasteiger partial charge in [0.25, 0.3) is 0 Å². The molecule has 3 aromatic rings. The number of aromatic nitrogens is 1. The monoisotopic (exact) mass is 335 g/mol. The van der Waals surface area contributed by atoms with Crippen LogP contribution < -0.4 is 0 Å². The number of ketones is 1. The summed E-state index contributed by atoms with van der Waals surface area (Å²) in [5, 5.41) is 1.40. The van der Waals surface area contributed by atoms with Gasteiger partial charge in [-0.15, -0.1) is 0 Å². The summed E-state index contributed by atoms with van der Waals surface area (Å²) >= 11 is 9.21. The Balaban J connectivity index is 2.09. The molecule has 5 heteroatoms. The quantitative estimate of drug-likeness (QED) is 0.648. The zero-order chi connectivity index (χ0) is 13.4. The normalized spacial score (nSPS) is 10.8. The first-order chi connectivity index (χ1) is 9.15. The second-order valence-electron chi connectivity index (χ2n) is 3.96. The summed E-state index contributed by atoms with van der Waals surface area (Å²) in [5.74, 6) is -0.0172. The Kier molecular flexibility index (Phi) is 3.12. The van der Waals surface area contributed by atoms with Crippen LogP contribution in [0.2, 0.25) is 5.02 Å². The molecule has 0 aliphatic carbocycles. The Morgan fingerprint density at radius 3 is 2.89 bits per heavy atom. The number of pyridine rings is 1. The van der Waals surface area contributed by atoms with Gasteiger partial charge >= 0.3 is 0 Å². The number of benzene rings is 1. The predicted molar refractivity (Wildman–Crippen MR) is 76.6 cm³/mol. The minimum absolute atomic E-state index is 0.247. The van der Waals surface area contributed by atoms with Crippen LogP contribution in [0.3, 0.4) is 0 Å². The average Bonchev–Trinajstić information content (AvgIpc) is 2.81. The van der Waals surface area contributed by atoms with Crippen molar-refractivity contribution in [2.45, 2.75) is 0 Å². The van der Waals surface area contributed by atoms with Gasteiger partial charge in [-0.1, -0.05) is 11.6 Å². The second kappa shape index (κ2) is 4.79. The molecule has 0 aliphatic heterocycles. The fourth-order valence-corrected chi connectivity index (χ4v) is 2.41. The SMILES string of the molecule is O=C(c1cc2cc(Cl)ccc2o1)c1ncccc1Br. The van der Waals surface area contributed by atoms with Crippen LogP contribution in [-0.4, -0.2) is 10.8 Å². The van der Waals surface area contributed by atoms with Crippen molar-refractivity contribution in [2.24, 2.45) is 0 Å². The molecular formula is C14H7BrClNO2. The lowest BCUT2D eigenvalue weighted by Crippen LogP contribution is -2.03. The van der Waals surface area contributed by atoms with E-state index in [-0.39, 0.29) is 11.5 Å². The maximum Gasteiger partial charge on any atom is 0.247 e. The number of furan rings is 1. The molecule has 0 unspecified atom stereocenters. The summed E-state index contributed by atoms with van der Waals surface area (Å²) in [7, 11) is 0. The highest BCUT2D eigenvalue weighted by atomic mass is 79.9. The highest BCUT2D eigenvalue weighted by Gasteiger charge is 2.18. The van der Waals surface area contributed by atoms with Gasteiger partial charge in [-0.25, -0.2) is 0 Å². The van der Waals surface area contributed by atoms with Crippen molar-refractivity contribution in [3.63, 3.8) is 0 Å². The van der Waals surface area contributed by atoms with Gasteiger partial charge in [-0.3, -0.25) is 9.78 Å². The number of hydrogen-bond donors (Lipinski definition) is 0. The van der Waals surface area contributed by atoms with Gasteiger partial charge in [0.1, 0.15) is 11.3 Å². The van der Waals surface area contributed by atoms with Crippen molar-refractivity contribution in [3.8, 4) is 0 Å². The Bertz CT molecular complexity index is 782. The molecule has 0 fully saturated rings. The molecule has 0 saturated heterocycles. The highest BCUT2D eigenvalue weighted by Crippen LogP contribution is 2.25. The van der Waals surface area contributed by atoms with Crippen molar-refractivity contribution in [1.29, 1.82) is 0 Å². The molecule has 94 valence electrons. The minimum Gasteiger partial charge on any atom is -0.453 e. The summed E-state index contributed by atoms with van der Waals surface area (Å²) in [6, 6.07) is 10.4. The van der Waals surface area contributed by atoms with E-state index < -0.39 is 0 Å². The van der Waals surface area contributed by atoms with Gasteiger partial charge in [0, 0.05) is 21.1 Å². The van der Waals surface area contributed by atoms with E-state index in [1.165, 1.54) is 0 Å².